The smallest absolute Gasteiger partial charge is 0.371 e. The summed E-state index contributed by atoms with van der Waals surface area (Å²) in [5.74, 6) is 0. The van der Waals surface area contributed by atoms with Crippen molar-refractivity contribution in [3.05, 3.63) is 145 Å². The summed E-state index contributed by atoms with van der Waals surface area (Å²) in [7, 11) is 0. The molecule has 0 unspecified atom stereocenters. The van der Waals surface area contributed by atoms with E-state index in [0.29, 0.717) is 0 Å². The van der Waals surface area contributed by atoms with E-state index in [4.69, 9.17) is 4.98 Å². The Morgan fingerprint density at radius 3 is 2.18 bits per heavy atom. The number of para-hydroxylation sites is 3. The Morgan fingerprint density at radius 1 is 0.711 bits per heavy atom. The predicted molar refractivity (Wildman–Crippen MR) is 181 cm³/mol. The Bertz CT molecular complexity index is 2180. The molecule has 0 saturated carbocycles. The van der Waals surface area contributed by atoms with Crippen LogP contribution in [-0.2, 0) is 20.1 Å². The molecule has 1 aliphatic rings. The van der Waals surface area contributed by atoms with Crippen LogP contribution < -0.4 is 9.15 Å². The van der Waals surface area contributed by atoms with Crippen LogP contribution in [0.3, 0.4) is 0 Å². The fourth-order valence-corrected chi connectivity index (χ4v) is 5.69. The molecule has 7 aromatic rings. The molecule has 0 N–H and O–H groups in total. The summed E-state index contributed by atoms with van der Waals surface area (Å²) in [5, 5.41) is 2.34. The van der Waals surface area contributed by atoms with E-state index in [0.717, 1.165) is 50.6 Å². The van der Waals surface area contributed by atoms with Crippen molar-refractivity contribution >= 4 is 50.7 Å². The van der Waals surface area contributed by atoms with E-state index in [-0.39, 0.29) is 26.1 Å². The first kappa shape index (κ1) is 30.1. The van der Waals surface area contributed by atoms with Gasteiger partial charge in [0, 0.05) is 73.7 Å². The number of aryl methyl sites for hydroxylation is 1. The Morgan fingerprint density at radius 2 is 1.47 bits per heavy atom. The van der Waals surface area contributed by atoms with E-state index in [1.807, 2.05) is 67.8 Å². The van der Waals surface area contributed by atoms with Crippen LogP contribution in [0.4, 0.5) is 22.7 Å². The van der Waals surface area contributed by atoms with E-state index in [1.54, 1.807) is 0 Å². The largest absolute Gasteiger partial charge is 0.501 e. The van der Waals surface area contributed by atoms with Crippen LogP contribution in [-0.4, -0.2) is 20.5 Å². The van der Waals surface area contributed by atoms with Crippen molar-refractivity contribution in [3.8, 4) is 11.3 Å². The molecular formula is C39H31IrN5. The van der Waals surface area contributed by atoms with Crippen LogP contribution in [0.5, 0.6) is 0 Å². The zero-order chi connectivity index (χ0) is 30.0. The summed E-state index contributed by atoms with van der Waals surface area (Å²) in [5.41, 5.74) is 9.58. The maximum absolute atomic E-state index is 4.71. The minimum atomic E-state index is 0. The van der Waals surface area contributed by atoms with Crippen molar-refractivity contribution in [2.75, 3.05) is 0 Å². The van der Waals surface area contributed by atoms with Crippen molar-refractivity contribution in [2.45, 2.75) is 26.8 Å². The number of aromatic nitrogens is 3. The van der Waals surface area contributed by atoms with Crippen LogP contribution >= 0.6 is 0 Å². The third-order valence-electron chi connectivity index (χ3n) is 7.71. The second-order valence-corrected chi connectivity index (χ2v) is 11.0. The monoisotopic (exact) mass is 762 g/mol. The molecule has 5 nitrogen and oxygen atoms in total. The number of nitrogens with zero attached hydrogens (tertiary/aromatic N) is 5. The van der Waals surface area contributed by atoms with E-state index in [2.05, 4.69) is 117 Å². The molecule has 0 aliphatic carbocycles. The average molecular weight is 762 g/mol. The maximum Gasteiger partial charge on any atom is 0.501 e. The molecule has 8 rings (SSSR count). The number of fused-ring (bicyclic) bond motifs is 4. The van der Waals surface area contributed by atoms with Gasteiger partial charge in [-0.3, -0.25) is 0 Å². The van der Waals surface area contributed by atoms with Gasteiger partial charge in [-0.15, -0.1) is 42.0 Å². The first-order valence-electron chi connectivity index (χ1n) is 14.8. The summed E-state index contributed by atoms with van der Waals surface area (Å²) in [6.07, 6.45) is 3.74. The van der Waals surface area contributed by atoms with Crippen LogP contribution in [0.1, 0.15) is 25.5 Å². The van der Waals surface area contributed by atoms with Crippen LogP contribution in [0.25, 0.3) is 33.2 Å². The fourth-order valence-electron chi connectivity index (χ4n) is 5.69. The SMILES string of the molecule is CC(C)n1c2ncccc2c2cc[c-]c([N+]3=C=[N+](c4ccccc4)c4ccccc43)c21.Cc1ccc(-c2[c-]cccc2)nc1.[Ir]. The summed E-state index contributed by atoms with van der Waals surface area (Å²) in [6, 6.07) is 49.5. The minimum absolute atomic E-state index is 0. The summed E-state index contributed by atoms with van der Waals surface area (Å²) in [4.78, 5) is 9.03. The van der Waals surface area contributed by atoms with Crippen LogP contribution in [0.15, 0.2) is 128 Å². The van der Waals surface area contributed by atoms with E-state index < -0.39 is 0 Å². The number of benzene rings is 4. The normalized spacial score (nSPS) is 11.8. The molecule has 45 heavy (non-hydrogen) atoms. The zero-order valence-corrected chi connectivity index (χ0v) is 27.7. The fraction of sp³-hybridized carbons (Fsp3) is 0.103. The zero-order valence-electron chi connectivity index (χ0n) is 25.3. The summed E-state index contributed by atoms with van der Waals surface area (Å²) >= 11 is 0. The number of hydrogen-bond acceptors (Lipinski definition) is 2. The first-order chi connectivity index (χ1) is 21.6. The molecule has 1 aliphatic heterocycles. The predicted octanol–water partition coefficient (Wildman–Crippen LogP) is 9.28. The van der Waals surface area contributed by atoms with E-state index >= 15 is 0 Å². The van der Waals surface area contributed by atoms with Gasteiger partial charge in [-0.2, -0.15) is 12.1 Å². The maximum atomic E-state index is 4.71. The molecule has 0 fully saturated rings. The summed E-state index contributed by atoms with van der Waals surface area (Å²) < 4.78 is 6.55. The molecule has 0 bridgehead atoms. The second kappa shape index (κ2) is 12.9. The topological polar surface area (TPSA) is 36.7 Å². The Kier molecular flexibility index (Phi) is 8.64. The molecular weight excluding hydrogens is 731 g/mol. The van der Waals surface area contributed by atoms with Gasteiger partial charge in [0.05, 0.1) is 0 Å². The van der Waals surface area contributed by atoms with E-state index in [1.165, 1.54) is 10.9 Å². The number of pyridine rings is 2. The van der Waals surface area contributed by atoms with Gasteiger partial charge in [0.1, 0.15) is 11.3 Å². The Hall–Kier alpha value is -4.99. The van der Waals surface area contributed by atoms with Gasteiger partial charge in [-0.25, -0.2) is 4.98 Å². The molecule has 6 heteroatoms. The minimum Gasteiger partial charge on any atom is -0.371 e. The van der Waals surface area contributed by atoms with Crippen LogP contribution in [0, 0.1) is 19.1 Å². The van der Waals surface area contributed by atoms with Gasteiger partial charge in [-0.05, 0) is 42.7 Å². The van der Waals surface area contributed by atoms with Gasteiger partial charge >= 0.3 is 6.01 Å². The van der Waals surface area contributed by atoms with Crippen molar-refractivity contribution in [1.82, 2.24) is 23.7 Å². The van der Waals surface area contributed by atoms with Crippen molar-refractivity contribution in [2.24, 2.45) is 0 Å². The number of hydrogen-bond donors (Lipinski definition) is 0. The quantitative estimate of drug-likeness (QED) is 0.133. The van der Waals surface area contributed by atoms with Crippen molar-refractivity contribution < 1.29 is 20.1 Å². The molecule has 0 amide bonds. The summed E-state index contributed by atoms with van der Waals surface area (Å²) in [6.45, 7) is 6.43. The standard InChI is InChI=1S/C27H21N4.C12H10N.Ir/c1-19(2)31-26-21(22-13-9-17-28-27(22)31)12-8-16-25(26)30-18-29(20-10-4-3-5-11-20)23-14-6-7-15-24(23)30;1-10-7-8-12(13-9-10)11-5-3-2-4-6-11;/h3-15,17,19H,1-2H3;2-5,7-9H,1H3;/q+1;-1;. The molecule has 221 valence electrons. The van der Waals surface area contributed by atoms with Gasteiger partial charge in [0.25, 0.3) is 11.4 Å². The van der Waals surface area contributed by atoms with Gasteiger partial charge in [0.2, 0.25) is 5.69 Å². The van der Waals surface area contributed by atoms with Crippen molar-refractivity contribution in [1.29, 1.82) is 0 Å². The average Bonchev–Trinajstić information content (AvgIpc) is 3.63. The van der Waals surface area contributed by atoms with Gasteiger partial charge < -0.3 is 9.55 Å². The number of rotatable bonds is 4. The molecule has 0 spiro atoms. The van der Waals surface area contributed by atoms with Crippen molar-refractivity contribution in [3.63, 3.8) is 0 Å². The third kappa shape index (κ3) is 5.68. The second-order valence-electron chi connectivity index (χ2n) is 11.0. The molecule has 3 aromatic heterocycles. The molecule has 0 atom stereocenters. The third-order valence-corrected chi connectivity index (χ3v) is 7.71. The Balaban J connectivity index is 0.000000215. The van der Waals surface area contributed by atoms with Gasteiger partial charge in [0.15, 0.2) is 0 Å². The van der Waals surface area contributed by atoms with Crippen LogP contribution in [0.2, 0.25) is 0 Å². The molecule has 4 aromatic carbocycles. The molecule has 4 heterocycles. The first-order valence-corrected chi connectivity index (χ1v) is 14.8. The van der Waals surface area contributed by atoms with E-state index in [9.17, 15) is 0 Å². The van der Waals surface area contributed by atoms with Gasteiger partial charge in [-0.1, -0.05) is 58.5 Å². The Labute approximate surface area is 276 Å². The molecule has 0 saturated heterocycles. The molecule has 1 radical (unpaired) electrons.